The van der Waals surface area contributed by atoms with Gasteiger partial charge in [0.2, 0.25) is 5.91 Å². The van der Waals surface area contributed by atoms with Gasteiger partial charge < -0.3 is 20.1 Å². The van der Waals surface area contributed by atoms with Gasteiger partial charge in [-0.25, -0.2) is 0 Å². The first-order valence-corrected chi connectivity index (χ1v) is 9.61. The van der Waals surface area contributed by atoms with Crippen LogP contribution in [0.25, 0.3) is 0 Å². The van der Waals surface area contributed by atoms with Crippen LogP contribution in [0.3, 0.4) is 0 Å². The summed E-state index contributed by atoms with van der Waals surface area (Å²) in [5.41, 5.74) is 2.21. The van der Waals surface area contributed by atoms with Gasteiger partial charge in [-0.2, -0.15) is 0 Å². The number of amides is 2. The van der Waals surface area contributed by atoms with Crippen molar-refractivity contribution >= 4 is 17.5 Å². The minimum atomic E-state index is -0.280. The molecule has 0 aliphatic carbocycles. The van der Waals surface area contributed by atoms with E-state index in [0.29, 0.717) is 22.7 Å². The van der Waals surface area contributed by atoms with Crippen LogP contribution >= 0.6 is 0 Å². The average molecular weight is 404 g/mol. The molecule has 0 heterocycles. The first-order valence-electron chi connectivity index (χ1n) is 9.61. The average Bonchev–Trinajstić information content (AvgIpc) is 2.75. The molecule has 0 radical (unpaired) electrons. The molecule has 0 unspecified atom stereocenters. The molecular weight excluding hydrogens is 380 g/mol. The zero-order chi connectivity index (χ0) is 21.3. The highest BCUT2D eigenvalue weighted by Gasteiger charge is 2.11. The van der Waals surface area contributed by atoms with Crippen LogP contribution in [-0.2, 0) is 4.79 Å². The SMILES string of the molecule is COc1ccccc1C(=O)NCCC(=O)Nc1ccc(Oc2cccc(C)c2)cc1. The van der Waals surface area contributed by atoms with Gasteiger partial charge in [0, 0.05) is 18.7 Å². The van der Waals surface area contributed by atoms with Gasteiger partial charge >= 0.3 is 0 Å². The minimum absolute atomic E-state index is 0.155. The predicted molar refractivity (Wildman–Crippen MR) is 116 cm³/mol. The van der Waals surface area contributed by atoms with E-state index in [2.05, 4.69) is 10.6 Å². The monoisotopic (exact) mass is 404 g/mol. The van der Waals surface area contributed by atoms with Crippen LogP contribution in [0.2, 0.25) is 0 Å². The summed E-state index contributed by atoms with van der Waals surface area (Å²) in [6.07, 6.45) is 0.155. The molecule has 0 aliphatic rings. The van der Waals surface area contributed by atoms with Crippen LogP contribution < -0.4 is 20.1 Å². The molecule has 0 spiro atoms. The molecule has 0 aliphatic heterocycles. The molecule has 30 heavy (non-hydrogen) atoms. The second kappa shape index (κ2) is 10.1. The van der Waals surface area contributed by atoms with Crippen molar-refractivity contribution in [1.82, 2.24) is 5.32 Å². The second-order valence-corrected chi connectivity index (χ2v) is 6.70. The van der Waals surface area contributed by atoms with Crippen molar-refractivity contribution in [2.75, 3.05) is 19.0 Å². The van der Waals surface area contributed by atoms with Gasteiger partial charge in [0.1, 0.15) is 17.2 Å². The highest BCUT2D eigenvalue weighted by atomic mass is 16.5. The fourth-order valence-electron chi connectivity index (χ4n) is 2.86. The summed E-state index contributed by atoms with van der Waals surface area (Å²) in [5, 5.41) is 5.54. The third-order valence-corrected chi connectivity index (χ3v) is 4.35. The molecule has 0 saturated carbocycles. The molecule has 154 valence electrons. The van der Waals surface area contributed by atoms with Crippen molar-refractivity contribution in [2.24, 2.45) is 0 Å². The first-order chi connectivity index (χ1) is 14.5. The Morgan fingerprint density at radius 3 is 2.40 bits per heavy atom. The third kappa shape index (κ3) is 5.85. The number of benzene rings is 3. The number of carbonyl (C=O) groups is 2. The number of anilines is 1. The Balaban J connectivity index is 1.46. The standard InChI is InChI=1S/C24H24N2O4/c1-17-6-5-7-20(16-17)30-19-12-10-18(11-13-19)26-23(27)14-15-25-24(28)21-8-3-4-9-22(21)29-2/h3-13,16H,14-15H2,1-2H3,(H,25,28)(H,26,27). The molecular formula is C24H24N2O4. The molecule has 0 saturated heterocycles. The third-order valence-electron chi connectivity index (χ3n) is 4.35. The normalized spacial score (nSPS) is 10.2. The van der Waals surface area contributed by atoms with Crippen LogP contribution in [0.1, 0.15) is 22.3 Å². The maximum Gasteiger partial charge on any atom is 0.255 e. The Labute approximate surface area is 175 Å². The molecule has 3 aromatic carbocycles. The van der Waals surface area contributed by atoms with E-state index in [1.807, 2.05) is 31.2 Å². The summed E-state index contributed by atoms with van der Waals surface area (Å²) < 4.78 is 11.0. The molecule has 3 aromatic rings. The second-order valence-electron chi connectivity index (χ2n) is 6.70. The lowest BCUT2D eigenvalue weighted by atomic mass is 10.2. The number of para-hydroxylation sites is 1. The van der Waals surface area contributed by atoms with Crippen molar-refractivity contribution in [1.29, 1.82) is 0 Å². The van der Waals surface area contributed by atoms with Gasteiger partial charge in [0.05, 0.1) is 12.7 Å². The molecule has 2 amide bonds. The van der Waals surface area contributed by atoms with E-state index in [-0.39, 0.29) is 24.8 Å². The van der Waals surface area contributed by atoms with Gasteiger partial charge in [0.25, 0.3) is 5.91 Å². The number of nitrogens with one attached hydrogen (secondary N) is 2. The highest BCUT2D eigenvalue weighted by Crippen LogP contribution is 2.23. The summed E-state index contributed by atoms with van der Waals surface area (Å²) in [5.74, 6) is 1.47. The number of hydrogen-bond acceptors (Lipinski definition) is 4. The Kier molecular flexibility index (Phi) is 7.05. The maximum atomic E-state index is 12.2. The smallest absolute Gasteiger partial charge is 0.255 e. The predicted octanol–water partition coefficient (Wildman–Crippen LogP) is 4.55. The lowest BCUT2D eigenvalue weighted by molar-refractivity contribution is -0.116. The molecule has 3 rings (SSSR count). The van der Waals surface area contributed by atoms with Gasteiger partial charge in [-0.05, 0) is 61.0 Å². The molecule has 6 heteroatoms. The summed E-state index contributed by atoms with van der Waals surface area (Å²) in [6.45, 7) is 2.22. The number of ether oxygens (including phenoxy) is 2. The number of hydrogen-bond donors (Lipinski definition) is 2. The molecule has 2 N–H and O–H groups in total. The minimum Gasteiger partial charge on any atom is -0.496 e. The lowest BCUT2D eigenvalue weighted by Gasteiger charge is -2.10. The van der Waals surface area contributed by atoms with Crippen LogP contribution in [0.5, 0.6) is 17.2 Å². The summed E-state index contributed by atoms with van der Waals surface area (Å²) >= 11 is 0. The van der Waals surface area contributed by atoms with Gasteiger partial charge in [-0.1, -0.05) is 24.3 Å². The summed E-state index contributed by atoms with van der Waals surface area (Å²) in [7, 11) is 1.51. The topological polar surface area (TPSA) is 76.7 Å². The lowest BCUT2D eigenvalue weighted by Crippen LogP contribution is -2.28. The number of methoxy groups -OCH3 is 1. The molecule has 0 fully saturated rings. The fourth-order valence-corrected chi connectivity index (χ4v) is 2.86. The van der Waals surface area contributed by atoms with Crippen molar-refractivity contribution in [3.63, 3.8) is 0 Å². The van der Waals surface area contributed by atoms with Crippen molar-refractivity contribution < 1.29 is 19.1 Å². The molecule has 0 aromatic heterocycles. The molecule has 0 atom stereocenters. The van der Waals surface area contributed by atoms with Crippen molar-refractivity contribution in [3.8, 4) is 17.2 Å². The van der Waals surface area contributed by atoms with E-state index < -0.39 is 0 Å². The van der Waals surface area contributed by atoms with Gasteiger partial charge in [-0.3, -0.25) is 9.59 Å². The molecule has 6 nitrogen and oxygen atoms in total. The maximum absolute atomic E-state index is 12.2. The van der Waals surface area contributed by atoms with Crippen LogP contribution in [0.4, 0.5) is 5.69 Å². The Hall–Kier alpha value is -3.80. The highest BCUT2D eigenvalue weighted by molar-refractivity contribution is 5.97. The van der Waals surface area contributed by atoms with E-state index in [9.17, 15) is 9.59 Å². The van der Waals surface area contributed by atoms with E-state index in [1.54, 1.807) is 48.5 Å². The Bertz CT molecular complexity index is 1020. The fraction of sp³-hybridized carbons (Fsp3) is 0.167. The quantitative estimate of drug-likeness (QED) is 0.577. The van der Waals surface area contributed by atoms with Gasteiger partial charge in [0.15, 0.2) is 0 Å². The van der Waals surface area contributed by atoms with E-state index in [0.717, 1.165) is 11.3 Å². The van der Waals surface area contributed by atoms with E-state index in [4.69, 9.17) is 9.47 Å². The van der Waals surface area contributed by atoms with E-state index >= 15 is 0 Å². The summed E-state index contributed by atoms with van der Waals surface area (Å²) in [4.78, 5) is 24.4. The number of aryl methyl sites for hydroxylation is 1. The first kappa shape index (κ1) is 20.9. The summed E-state index contributed by atoms with van der Waals surface area (Å²) in [6, 6.07) is 21.9. The molecule has 0 bridgehead atoms. The zero-order valence-corrected chi connectivity index (χ0v) is 17.0. The van der Waals surface area contributed by atoms with Gasteiger partial charge in [-0.15, -0.1) is 0 Å². The Morgan fingerprint density at radius 1 is 0.900 bits per heavy atom. The van der Waals surface area contributed by atoms with Crippen LogP contribution in [0.15, 0.2) is 72.8 Å². The van der Waals surface area contributed by atoms with E-state index in [1.165, 1.54) is 7.11 Å². The number of rotatable bonds is 8. The van der Waals surface area contributed by atoms with Crippen LogP contribution in [-0.4, -0.2) is 25.5 Å². The Morgan fingerprint density at radius 2 is 1.67 bits per heavy atom. The van der Waals surface area contributed by atoms with Crippen LogP contribution in [0, 0.1) is 6.92 Å². The number of carbonyl (C=O) groups excluding carboxylic acids is 2. The zero-order valence-electron chi connectivity index (χ0n) is 17.0. The largest absolute Gasteiger partial charge is 0.496 e. The van der Waals surface area contributed by atoms with Crippen molar-refractivity contribution in [2.45, 2.75) is 13.3 Å². The van der Waals surface area contributed by atoms with Crippen molar-refractivity contribution in [3.05, 3.63) is 83.9 Å².